The Morgan fingerprint density at radius 1 is 1.67 bits per heavy atom. The molecule has 2 aromatic heterocycles. The van der Waals surface area contributed by atoms with Gasteiger partial charge in [-0.25, -0.2) is 14.3 Å². The number of rotatable bonds is 2. The smallest absolute Gasteiger partial charge is 0.344 e. The molecule has 0 unspecified atom stereocenters. The maximum Gasteiger partial charge on any atom is 0.344 e. The SMILES string of the molecule is CSc1nc2cc[nH]n2c(=O)c1C(=O)O. The average molecular weight is 225 g/mol. The predicted molar refractivity (Wildman–Crippen MR) is 54.6 cm³/mol. The molecular formula is C8H7N3O3S. The molecule has 0 aliphatic heterocycles. The van der Waals surface area contributed by atoms with Gasteiger partial charge in [0.05, 0.1) is 0 Å². The van der Waals surface area contributed by atoms with Gasteiger partial charge in [0.1, 0.15) is 5.03 Å². The topological polar surface area (TPSA) is 87.5 Å². The van der Waals surface area contributed by atoms with Gasteiger partial charge in [-0.1, -0.05) is 0 Å². The Morgan fingerprint density at radius 2 is 2.40 bits per heavy atom. The van der Waals surface area contributed by atoms with E-state index in [1.54, 1.807) is 12.3 Å². The number of hydrogen-bond donors (Lipinski definition) is 2. The molecule has 6 nitrogen and oxygen atoms in total. The minimum Gasteiger partial charge on any atom is -0.477 e. The third-order valence-corrected chi connectivity index (χ3v) is 2.60. The Kier molecular flexibility index (Phi) is 2.24. The van der Waals surface area contributed by atoms with Crippen LogP contribution >= 0.6 is 11.8 Å². The molecule has 0 bridgehead atoms. The van der Waals surface area contributed by atoms with Crippen molar-refractivity contribution in [3.05, 3.63) is 28.2 Å². The summed E-state index contributed by atoms with van der Waals surface area (Å²) >= 11 is 1.14. The summed E-state index contributed by atoms with van der Waals surface area (Å²) in [5, 5.41) is 11.7. The summed E-state index contributed by atoms with van der Waals surface area (Å²) in [6.45, 7) is 0. The number of aromatic carboxylic acids is 1. The lowest BCUT2D eigenvalue weighted by molar-refractivity contribution is 0.0689. The standard InChI is InChI=1S/C8H7N3O3S/c1-15-6-5(8(13)14)7(12)11-4(10-6)2-3-9-11/h2-3,9H,1H3,(H,13,14). The number of fused-ring (bicyclic) bond motifs is 1. The van der Waals surface area contributed by atoms with Crippen molar-refractivity contribution in [2.24, 2.45) is 0 Å². The van der Waals surface area contributed by atoms with Crippen molar-refractivity contribution in [3.8, 4) is 0 Å². The summed E-state index contributed by atoms with van der Waals surface area (Å²) in [5.74, 6) is -1.26. The number of nitrogens with zero attached hydrogens (tertiary/aromatic N) is 2. The number of aromatic nitrogens is 3. The van der Waals surface area contributed by atoms with Gasteiger partial charge in [0.15, 0.2) is 11.2 Å². The van der Waals surface area contributed by atoms with Crippen LogP contribution in [0.3, 0.4) is 0 Å². The van der Waals surface area contributed by atoms with Crippen LogP contribution in [0.2, 0.25) is 0 Å². The van der Waals surface area contributed by atoms with Crippen LogP contribution in [0.15, 0.2) is 22.1 Å². The van der Waals surface area contributed by atoms with Gasteiger partial charge in [-0.2, -0.15) is 0 Å². The highest BCUT2D eigenvalue weighted by molar-refractivity contribution is 7.98. The first-order valence-electron chi connectivity index (χ1n) is 4.02. The van der Waals surface area contributed by atoms with Crippen molar-refractivity contribution < 1.29 is 9.90 Å². The molecule has 0 aliphatic carbocycles. The van der Waals surface area contributed by atoms with Gasteiger partial charge in [0.2, 0.25) is 0 Å². The molecule has 0 saturated carbocycles. The van der Waals surface area contributed by atoms with E-state index >= 15 is 0 Å². The molecule has 0 spiro atoms. The quantitative estimate of drug-likeness (QED) is 0.572. The third-order valence-electron chi connectivity index (χ3n) is 1.92. The minimum atomic E-state index is -1.26. The van der Waals surface area contributed by atoms with Gasteiger partial charge in [-0.15, -0.1) is 11.8 Å². The monoisotopic (exact) mass is 225 g/mol. The fourth-order valence-electron chi connectivity index (χ4n) is 1.27. The molecule has 2 N–H and O–H groups in total. The molecule has 0 saturated heterocycles. The van der Waals surface area contributed by atoms with Crippen molar-refractivity contribution >= 4 is 23.4 Å². The van der Waals surface area contributed by atoms with Crippen LogP contribution in [0.25, 0.3) is 5.65 Å². The van der Waals surface area contributed by atoms with Crippen molar-refractivity contribution in [1.29, 1.82) is 0 Å². The lowest BCUT2D eigenvalue weighted by Gasteiger charge is -2.01. The van der Waals surface area contributed by atoms with Crippen LogP contribution in [-0.4, -0.2) is 31.9 Å². The van der Waals surface area contributed by atoms with Crippen LogP contribution in [0.4, 0.5) is 0 Å². The number of H-pyrrole nitrogens is 1. The second kappa shape index (κ2) is 3.43. The summed E-state index contributed by atoms with van der Waals surface area (Å²) < 4.78 is 1.10. The first kappa shape index (κ1) is 9.78. The summed E-state index contributed by atoms with van der Waals surface area (Å²) in [7, 11) is 0. The number of hydrogen-bond acceptors (Lipinski definition) is 4. The lowest BCUT2D eigenvalue weighted by atomic mass is 10.3. The first-order chi connectivity index (χ1) is 7.15. The van der Waals surface area contributed by atoms with Crippen molar-refractivity contribution in [2.75, 3.05) is 6.26 Å². The summed E-state index contributed by atoms with van der Waals surface area (Å²) in [5.41, 5.74) is -0.487. The molecule has 7 heteroatoms. The summed E-state index contributed by atoms with van der Waals surface area (Å²) in [6, 6.07) is 1.60. The van der Waals surface area contributed by atoms with Crippen molar-refractivity contribution in [2.45, 2.75) is 5.03 Å². The molecule has 2 aromatic rings. The zero-order valence-corrected chi connectivity index (χ0v) is 8.54. The van der Waals surface area contributed by atoms with Crippen LogP contribution in [0, 0.1) is 0 Å². The second-order valence-corrected chi connectivity index (χ2v) is 3.56. The van der Waals surface area contributed by atoms with Crippen LogP contribution < -0.4 is 5.56 Å². The van der Waals surface area contributed by atoms with Gasteiger partial charge in [0, 0.05) is 12.3 Å². The number of carbonyl (C=O) groups is 1. The summed E-state index contributed by atoms with van der Waals surface area (Å²) in [6.07, 6.45) is 3.21. The van der Waals surface area contributed by atoms with E-state index in [9.17, 15) is 9.59 Å². The van der Waals surface area contributed by atoms with E-state index in [1.807, 2.05) is 0 Å². The highest BCUT2D eigenvalue weighted by atomic mass is 32.2. The zero-order valence-electron chi connectivity index (χ0n) is 7.72. The van der Waals surface area contributed by atoms with Gasteiger partial charge in [-0.3, -0.25) is 9.89 Å². The molecule has 0 aromatic carbocycles. The predicted octanol–water partition coefficient (Wildman–Crippen LogP) is 0.443. The number of carboxylic acids is 1. The van der Waals surface area contributed by atoms with E-state index in [-0.39, 0.29) is 10.6 Å². The fraction of sp³-hybridized carbons (Fsp3) is 0.125. The highest BCUT2D eigenvalue weighted by Crippen LogP contribution is 2.15. The van der Waals surface area contributed by atoms with Crippen LogP contribution in [-0.2, 0) is 0 Å². The fourth-order valence-corrected chi connectivity index (χ4v) is 1.83. The van der Waals surface area contributed by atoms with Crippen molar-refractivity contribution in [1.82, 2.24) is 14.6 Å². The molecule has 2 heterocycles. The van der Waals surface area contributed by atoms with Gasteiger partial charge in [-0.05, 0) is 6.26 Å². The van der Waals surface area contributed by atoms with Gasteiger partial charge < -0.3 is 5.11 Å². The van der Waals surface area contributed by atoms with E-state index in [0.717, 1.165) is 16.3 Å². The first-order valence-corrected chi connectivity index (χ1v) is 5.25. The molecule has 15 heavy (non-hydrogen) atoms. The maximum atomic E-state index is 11.7. The number of thioether (sulfide) groups is 1. The molecular weight excluding hydrogens is 218 g/mol. The number of carboxylic acid groups (broad SMARTS) is 1. The normalized spacial score (nSPS) is 10.7. The number of aromatic amines is 1. The summed E-state index contributed by atoms with van der Waals surface area (Å²) in [4.78, 5) is 26.6. The van der Waals surface area contributed by atoms with Crippen molar-refractivity contribution in [3.63, 3.8) is 0 Å². The molecule has 2 rings (SSSR count). The Hall–Kier alpha value is -1.76. The van der Waals surface area contributed by atoms with E-state index in [2.05, 4.69) is 10.1 Å². The third kappa shape index (κ3) is 1.40. The minimum absolute atomic E-state index is 0.229. The van der Waals surface area contributed by atoms with E-state index < -0.39 is 11.5 Å². The van der Waals surface area contributed by atoms with E-state index in [1.165, 1.54) is 6.20 Å². The van der Waals surface area contributed by atoms with Crippen LogP contribution in [0.5, 0.6) is 0 Å². The van der Waals surface area contributed by atoms with Crippen LogP contribution in [0.1, 0.15) is 10.4 Å². The molecule has 0 amide bonds. The Bertz CT molecular complexity index is 586. The zero-order chi connectivity index (χ0) is 11.0. The Morgan fingerprint density at radius 3 is 3.00 bits per heavy atom. The Labute approximate surface area is 87.9 Å². The molecule has 0 aliphatic rings. The Balaban J connectivity index is 2.92. The molecule has 0 fully saturated rings. The molecule has 0 radical (unpaired) electrons. The lowest BCUT2D eigenvalue weighted by Crippen LogP contribution is -2.24. The number of nitrogens with one attached hydrogen (secondary N) is 1. The largest absolute Gasteiger partial charge is 0.477 e. The van der Waals surface area contributed by atoms with E-state index in [4.69, 9.17) is 5.11 Å². The highest BCUT2D eigenvalue weighted by Gasteiger charge is 2.18. The molecule has 78 valence electrons. The maximum absolute atomic E-state index is 11.7. The van der Waals surface area contributed by atoms with Gasteiger partial charge in [0.25, 0.3) is 5.56 Å². The molecule has 0 atom stereocenters. The second-order valence-electron chi connectivity index (χ2n) is 2.76. The average Bonchev–Trinajstić information content (AvgIpc) is 2.64. The van der Waals surface area contributed by atoms with E-state index in [0.29, 0.717) is 5.65 Å². The van der Waals surface area contributed by atoms with Gasteiger partial charge >= 0.3 is 5.97 Å².